The molecule has 0 aliphatic heterocycles. The Morgan fingerprint density at radius 3 is 1.86 bits per heavy atom. The minimum absolute atomic E-state index is 0. The molecule has 0 aromatic rings. The first kappa shape index (κ1) is 15.7. The summed E-state index contributed by atoms with van der Waals surface area (Å²) >= 11 is 4.15. The monoisotopic (exact) mass is 228 g/mol. The van der Waals surface area contributed by atoms with Crippen LogP contribution < -0.4 is 0 Å². The third-order valence-electron chi connectivity index (χ3n) is 0.145. The largest absolute Gasteiger partial charge is 0 e. The van der Waals surface area contributed by atoms with Crippen LogP contribution in [-0.4, -0.2) is 4.68 Å². The van der Waals surface area contributed by atoms with Gasteiger partial charge in [0.1, 0.15) is 0 Å². The summed E-state index contributed by atoms with van der Waals surface area (Å²) in [5.41, 5.74) is 0. The fourth-order valence-corrected chi connectivity index (χ4v) is 0. The molecule has 0 unspecified atom stereocenters. The Morgan fingerprint density at radius 2 is 1.86 bits per heavy atom. The summed E-state index contributed by atoms with van der Waals surface area (Å²) < 4.78 is -0.419. The molecule has 0 spiro atoms. The molecule has 0 atom stereocenters. The molecule has 0 aromatic heterocycles. The molecule has 0 aromatic carbocycles. The van der Waals surface area contributed by atoms with Crippen molar-refractivity contribution in [3.05, 3.63) is 12.7 Å². The van der Waals surface area contributed by atoms with Crippen LogP contribution in [0.2, 0.25) is 0 Å². The smallest absolute Gasteiger partial charge is 0 e. The Kier molecular flexibility index (Phi) is 22.5. The number of carbonyl (C=O) groups is 1. The van der Waals surface area contributed by atoms with Crippen LogP contribution in [0.25, 0.3) is 0 Å². The van der Waals surface area contributed by atoms with E-state index < -0.39 is 4.68 Å². The minimum atomic E-state index is -0.419. The van der Waals surface area contributed by atoms with Gasteiger partial charge in [0.2, 0.25) is 0 Å². The Bertz CT molecular complexity index is 66.0. The average Bonchev–Trinajstić information content (AvgIpc) is 1.38. The molecule has 0 rings (SSSR count). The van der Waals surface area contributed by atoms with Crippen LogP contribution >= 0.6 is 0 Å². The second-order valence-electron chi connectivity index (χ2n) is 0.471. The molecular formula is C3H3CrCuNiO. The Morgan fingerprint density at radius 1 is 1.71 bits per heavy atom. The van der Waals surface area contributed by atoms with Crippen molar-refractivity contribution in [2.45, 2.75) is 0 Å². The molecule has 0 heterocycles. The van der Waals surface area contributed by atoms with Crippen molar-refractivity contribution >= 4 is 4.68 Å². The van der Waals surface area contributed by atoms with Gasteiger partial charge in [0.05, 0.1) is 0 Å². The molecule has 48 valence electrons. The van der Waals surface area contributed by atoms with Crippen molar-refractivity contribution in [3.8, 4) is 0 Å². The van der Waals surface area contributed by atoms with Crippen LogP contribution in [0, 0.1) is 0 Å². The molecular weight excluding hydrogens is 226 g/mol. The van der Waals surface area contributed by atoms with Gasteiger partial charge in [-0.05, 0) is 0 Å². The molecule has 0 saturated carbocycles. The second kappa shape index (κ2) is 10.0. The minimum Gasteiger partial charge on any atom is 0 e. The van der Waals surface area contributed by atoms with E-state index in [-0.39, 0.29) is 33.9 Å². The van der Waals surface area contributed by atoms with Crippen LogP contribution in [0.5, 0.6) is 0 Å². The van der Waals surface area contributed by atoms with Crippen molar-refractivity contribution in [1.82, 2.24) is 0 Å². The van der Waals surface area contributed by atoms with Crippen LogP contribution in [0.1, 0.15) is 0 Å². The Hall–Kier alpha value is 0.955. The standard InChI is InChI=1S/C3H3O.Cr.Cu.Ni/c1-2-3-4;;;/h2H,1H2;;;. The van der Waals surface area contributed by atoms with Gasteiger partial charge in [-0.1, -0.05) is 0 Å². The van der Waals surface area contributed by atoms with Crippen LogP contribution in [-0.2, 0) is 54.7 Å². The Labute approximate surface area is 71.8 Å². The predicted octanol–water partition coefficient (Wildman–Crippen LogP) is 0.241. The molecule has 4 heteroatoms. The second-order valence-corrected chi connectivity index (χ2v) is 0.935. The third kappa shape index (κ3) is 19.6. The van der Waals surface area contributed by atoms with Gasteiger partial charge >= 0.3 is 38.1 Å². The summed E-state index contributed by atoms with van der Waals surface area (Å²) in [7, 11) is 0. The number of hydrogen-bond acceptors (Lipinski definition) is 1. The summed E-state index contributed by atoms with van der Waals surface area (Å²) in [6, 6.07) is 0. The van der Waals surface area contributed by atoms with Gasteiger partial charge in [0.15, 0.2) is 0 Å². The maximum Gasteiger partial charge on any atom is 0 e. The number of carbonyl (C=O) groups excluding carboxylic acids is 1. The summed E-state index contributed by atoms with van der Waals surface area (Å²) in [6.45, 7) is 3.10. The summed E-state index contributed by atoms with van der Waals surface area (Å²) in [6.07, 6.45) is 1.08. The van der Waals surface area contributed by atoms with Crippen LogP contribution in [0.4, 0.5) is 0 Å². The van der Waals surface area contributed by atoms with Crippen molar-refractivity contribution in [2.75, 3.05) is 0 Å². The van der Waals surface area contributed by atoms with E-state index in [0.29, 0.717) is 0 Å². The zero-order valence-corrected chi connectivity index (χ0v) is 6.42. The van der Waals surface area contributed by atoms with Crippen LogP contribution in [0.3, 0.4) is 0 Å². The molecule has 0 N–H and O–H groups in total. The molecule has 0 aliphatic carbocycles. The number of rotatable bonds is 1. The predicted molar refractivity (Wildman–Crippen MR) is 15.2 cm³/mol. The van der Waals surface area contributed by atoms with E-state index in [9.17, 15) is 4.79 Å². The molecule has 0 radical (unpaired) electrons. The van der Waals surface area contributed by atoms with Gasteiger partial charge in [-0.15, -0.1) is 0 Å². The number of hydrogen-bond donors (Lipinski definition) is 0. The molecule has 1 nitrogen and oxygen atoms in total. The zero-order chi connectivity index (χ0) is 4.28. The maximum absolute atomic E-state index is 9.50. The first-order chi connectivity index (χ1) is 2.27. The van der Waals surface area contributed by atoms with E-state index in [1.165, 1.54) is 0 Å². The average molecular weight is 229 g/mol. The first-order valence-electron chi connectivity index (χ1n) is 1.05. The van der Waals surface area contributed by atoms with Crippen molar-refractivity contribution in [3.63, 3.8) is 0 Å². The fraction of sp³-hybridized carbons (Fsp3) is 0. The van der Waals surface area contributed by atoms with E-state index in [4.69, 9.17) is 0 Å². The molecule has 0 amide bonds. The van der Waals surface area contributed by atoms with Crippen molar-refractivity contribution in [2.24, 2.45) is 0 Å². The topological polar surface area (TPSA) is 17.1 Å². The van der Waals surface area contributed by atoms with Crippen LogP contribution in [0.15, 0.2) is 12.7 Å². The number of allylic oxidation sites excluding steroid dienone is 1. The van der Waals surface area contributed by atoms with Gasteiger partial charge in [-0.25, -0.2) is 0 Å². The van der Waals surface area contributed by atoms with Crippen molar-refractivity contribution in [1.29, 1.82) is 0 Å². The van der Waals surface area contributed by atoms with E-state index >= 15 is 0 Å². The van der Waals surface area contributed by atoms with E-state index in [1.807, 2.05) is 0 Å². The van der Waals surface area contributed by atoms with Gasteiger partial charge in [0, 0.05) is 33.9 Å². The fourth-order valence-electron chi connectivity index (χ4n) is 0. The quantitative estimate of drug-likeness (QED) is 0.465. The summed E-state index contributed by atoms with van der Waals surface area (Å²) in [4.78, 5) is 9.50. The molecule has 0 bridgehead atoms. The zero-order valence-electron chi connectivity index (χ0n) is 3.22. The molecule has 0 fully saturated rings. The van der Waals surface area contributed by atoms with Gasteiger partial charge in [0.25, 0.3) is 0 Å². The summed E-state index contributed by atoms with van der Waals surface area (Å²) in [5.74, 6) is 0. The first-order valence-corrected chi connectivity index (χ1v) is 1.52. The SMILES string of the molecule is C=C[C](=O)[Cu].[Cr].[Ni]. The van der Waals surface area contributed by atoms with Gasteiger partial charge in [-0.3, -0.25) is 0 Å². The Balaban J connectivity index is -0.0000000800. The molecule has 0 saturated heterocycles. The van der Waals surface area contributed by atoms with Gasteiger partial charge in [-0.2, -0.15) is 0 Å². The maximum atomic E-state index is 9.50. The summed E-state index contributed by atoms with van der Waals surface area (Å²) in [5, 5.41) is 0. The molecule has 0 aliphatic rings. The van der Waals surface area contributed by atoms with E-state index in [1.54, 1.807) is 0 Å². The normalized spacial score (nSPS) is 4.86. The van der Waals surface area contributed by atoms with Gasteiger partial charge < -0.3 is 0 Å². The van der Waals surface area contributed by atoms with Crippen molar-refractivity contribution < 1.29 is 54.7 Å². The molecule has 7 heavy (non-hydrogen) atoms. The van der Waals surface area contributed by atoms with E-state index in [2.05, 4.69) is 22.6 Å². The van der Waals surface area contributed by atoms with E-state index in [0.717, 1.165) is 6.08 Å². The third-order valence-corrected chi connectivity index (χ3v) is 0.337.